The number of fused-ring (bicyclic) bond motifs is 1. The van der Waals surface area contributed by atoms with Crippen LogP contribution in [0.3, 0.4) is 0 Å². The fraction of sp³-hybridized carbons (Fsp3) is 0.333. The van der Waals surface area contributed by atoms with Crippen molar-refractivity contribution >= 4 is 28.8 Å². The smallest absolute Gasteiger partial charge is 0.262 e. The lowest BCUT2D eigenvalue weighted by molar-refractivity contribution is -0.145. The summed E-state index contributed by atoms with van der Waals surface area (Å²) in [5.74, 6) is -0.879. The van der Waals surface area contributed by atoms with Crippen molar-refractivity contribution in [3.63, 3.8) is 0 Å². The molecule has 2 aromatic rings. The normalized spacial score (nSPS) is 26.5. The molecule has 0 bridgehead atoms. The Kier molecular flexibility index (Phi) is 3.66. The van der Waals surface area contributed by atoms with Crippen molar-refractivity contribution in [1.82, 2.24) is 4.90 Å². The first kappa shape index (κ1) is 15.4. The lowest BCUT2D eigenvalue weighted by atomic mass is 9.95. The number of anilines is 1. The maximum absolute atomic E-state index is 12.9. The van der Waals surface area contributed by atoms with Gasteiger partial charge in [0.25, 0.3) is 5.91 Å². The Morgan fingerprint density at radius 2 is 1.79 bits per heavy atom. The van der Waals surface area contributed by atoms with E-state index in [1.807, 2.05) is 61.7 Å². The van der Waals surface area contributed by atoms with E-state index in [9.17, 15) is 9.59 Å². The standard InChI is InChI=1S/C18H18N2O3S/c1-11(2)19-17(21)14-15(13-9-6-10-24-13)20(23-16(14)18(19)22)12-7-4-3-5-8-12/h3-11,14-16H,1-2H3/t14-,15+,16+/m1/s1. The summed E-state index contributed by atoms with van der Waals surface area (Å²) >= 11 is 1.58. The third kappa shape index (κ3) is 2.17. The number of para-hydroxylation sites is 1. The molecule has 0 saturated carbocycles. The summed E-state index contributed by atoms with van der Waals surface area (Å²) in [6.07, 6.45) is -0.743. The first-order chi connectivity index (χ1) is 11.6. The van der Waals surface area contributed by atoms with E-state index in [1.165, 1.54) is 4.90 Å². The molecule has 0 unspecified atom stereocenters. The van der Waals surface area contributed by atoms with Crippen LogP contribution in [0.2, 0.25) is 0 Å². The number of hydroxylamine groups is 1. The number of nitrogens with zero attached hydrogens (tertiary/aromatic N) is 2. The molecule has 24 heavy (non-hydrogen) atoms. The number of rotatable bonds is 3. The molecule has 2 saturated heterocycles. The van der Waals surface area contributed by atoms with Crippen LogP contribution < -0.4 is 5.06 Å². The summed E-state index contributed by atoms with van der Waals surface area (Å²) < 4.78 is 0. The minimum Gasteiger partial charge on any atom is -0.277 e. The van der Waals surface area contributed by atoms with E-state index >= 15 is 0 Å². The van der Waals surface area contributed by atoms with Gasteiger partial charge >= 0.3 is 0 Å². The fourth-order valence-electron chi connectivity index (χ4n) is 3.49. The number of thiophene rings is 1. The average molecular weight is 342 g/mol. The summed E-state index contributed by atoms with van der Waals surface area (Å²) in [5, 5.41) is 3.71. The molecule has 0 spiro atoms. The minimum atomic E-state index is -0.743. The number of hydrogen-bond acceptors (Lipinski definition) is 5. The molecule has 124 valence electrons. The van der Waals surface area contributed by atoms with Crippen LogP contribution >= 0.6 is 11.3 Å². The molecule has 1 aromatic heterocycles. The van der Waals surface area contributed by atoms with E-state index in [1.54, 1.807) is 16.4 Å². The third-order valence-electron chi connectivity index (χ3n) is 4.51. The predicted molar refractivity (Wildman–Crippen MR) is 91.3 cm³/mol. The second-order valence-corrected chi connectivity index (χ2v) is 7.29. The molecule has 0 aliphatic carbocycles. The van der Waals surface area contributed by atoms with Crippen molar-refractivity contribution in [1.29, 1.82) is 0 Å². The van der Waals surface area contributed by atoms with Crippen molar-refractivity contribution in [2.45, 2.75) is 32.0 Å². The highest BCUT2D eigenvalue weighted by Crippen LogP contribution is 2.47. The molecule has 1 aromatic carbocycles. The Morgan fingerprint density at radius 1 is 1.04 bits per heavy atom. The molecule has 2 amide bonds. The van der Waals surface area contributed by atoms with Gasteiger partial charge in [0, 0.05) is 10.9 Å². The zero-order valence-electron chi connectivity index (χ0n) is 13.5. The first-order valence-corrected chi connectivity index (χ1v) is 8.89. The van der Waals surface area contributed by atoms with Gasteiger partial charge in [-0.2, -0.15) is 0 Å². The molecule has 6 heteroatoms. The number of amides is 2. The van der Waals surface area contributed by atoms with E-state index in [0.717, 1.165) is 10.6 Å². The van der Waals surface area contributed by atoms with E-state index < -0.39 is 12.0 Å². The summed E-state index contributed by atoms with van der Waals surface area (Å²) in [7, 11) is 0. The highest BCUT2D eigenvalue weighted by atomic mass is 32.1. The Bertz CT molecular complexity index is 760. The van der Waals surface area contributed by atoms with Gasteiger partial charge in [-0.05, 0) is 37.4 Å². The van der Waals surface area contributed by atoms with Gasteiger partial charge in [-0.3, -0.25) is 19.3 Å². The van der Waals surface area contributed by atoms with Crippen LogP contribution in [0, 0.1) is 5.92 Å². The van der Waals surface area contributed by atoms with Crippen molar-refractivity contribution in [2.75, 3.05) is 5.06 Å². The van der Waals surface area contributed by atoms with E-state index in [2.05, 4.69) is 0 Å². The van der Waals surface area contributed by atoms with Gasteiger partial charge in [0.2, 0.25) is 5.91 Å². The zero-order chi connectivity index (χ0) is 16.8. The fourth-order valence-corrected chi connectivity index (χ4v) is 4.35. The number of carbonyl (C=O) groups is 2. The number of carbonyl (C=O) groups excluding carboxylic acids is 2. The van der Waals surface area contributed by atoms with Gasteiger partial charge in [0.1, 0.15) is 12.0 Å². The van der Waals surface area contributed by atoms with Gasteiger partial charge in [0.15, 0.2) is 6.10 Å². The van der Waals surface area contributed by atoms with E-state index in [0.29, 0.717) is 0 Å². The lowest BCUT2D eigenvalue weighted by Crippen LogP contribution is -2.41. The molecule has 5 nitrogen and oxygen atoms in total. The maximum Gasteiger partial charge on any atom is 0.262 e. The quantitative estimate of drug-likeness (QED) is 0.805. The molecule has 4 rings (SSSR count). The summed E-state index contributed by atoms with van der Waals surface area (Å²) in [5.41, 5.74) is 0.849. The van der Waals surface area contributed by atoms with Crippen LogP contribution in [0.15, 0.2) is 47.8 Å². The molecular weight excluding hydrogens is 324 g/mol. The van der Waals surface area contributed by atoms with Gasteiger partial charge in [0.05, 0.1) is 5.69 Å². The predicted octanol–water partition coefficient (Wildman–Crippen LogP) is 3.00. The molecule has 2 aliphatic heterocycles. The molecule has 2 fully saturated rings. The Balaban J connectivity index is 1.78. The largest absolute Gasteiger partial charge is 0.277 e. The Morgan fingerprint density at radius 3 is 2.42 bits per heavy atom. The SMILES string of the molecule is CC(C)N1C(=O)[C@H]2[C@H](ON(c3ccccc3)[C@H]2c2cccs2)C1=O. The monoisotopic (exact) mass is 342 g/mol. The molecule has 0 N–H and O–H groups in total. The van der Waals surface area contributed by atoms with Crippen molar-refractivity contribution in [3.8, 4) is 0 Å². The number of hydrogen-bond donors (Lipinski definition) is 0. The molecule has 2 aliphatic rings. The number of likely N-dealkylation sites (tertiary alicyclic amines) is 1. The zero-order valence-corrected chi connectivity index (χ0v) is 14.3. The van der Waals surface area contributed by atoms with Crippen molar-refractivity contribution < 1.29 is 14.4 Å². The summed E-state index contributed by atoms with van der Waals surface area (Å²) in [4.78, 5) is 34.0. The molecular formula is C18H18N2O3S. The second-order valence-electron chi connectivity index (χ2n) is 6.31. The minimum absolute atomic E-state index is 0.142. The second kappa shape index (κ2) is 5.72. The number of benzene rings is 1. The van der Waals surface area contributed by atoms with Crippen LogP contribution in [-0.2, 0) is 14.4 Å². The van der Waals surface area contributed by atoms with E-state index in [-0.39, 0.29) is 23.9 Å². The van der Waals surface area contributed by atoms with Crippen LogP contribution in [0.5, 0.6) is 0 Å². The first-order valence-electron chi connectivity index (χ1n) is 8.01. The highest BCUT2D eigenvalue weighted by Gasteiger charge is 2.60. The Hall–Kier alpha value is -2.18. The van der Waals surface area contributed by atoms with Gasteiger partial charge in [-0.1, -0.05) is 24.3 Å². The molecule has 0 radical (unpaired) electrons. The number of imide groups is 1. The van der Waals surface area contributed by atoms with E-state index in [4.69, 9.17) is 4.84 Å². The van der Waals surface area contributed by atoms with Crippen molar-refractivity contribution in [3.05, 3.63) is 52.7 Å². The summed E-state index contributed by atoms with van der Waals surface area (Å²) in [6.45, 7) is 3.71. The van der Waals surface area contributed by atoms with Crippen LogP contribution in [-0.4, -0.2) is 28.9 Å². The maximum atomic E-state index is 12.9. The van der Waals surface area contributed by atoms with Crippen molar-refractivity contribution in [2.24, 2.45) is 5.92 Å². The lowest BCUT2D eigenvalue weighted by Gasteiger charge is -2.28. The highest BCUT2D eigenvalue weighted by molar-refractivity contribution is 7.10. The van der Waals surface area contributed by atoms with Gasteiger partial charge in [-0.25, -0.2) is 5.06 Å². The summed E-state index contributed by atoms with van der Waals surface area (Å²) in [6, 6.07) is 13.1. The van der Waals surface area contributed by atoms with Crippen LogP contribution in [0.4, 0.5) is 5.69 Å². The third-order valence-corrected chi connectivity index (χ3v) is 5.45. The topological polar surface area (TPSA) is 49.9 Å². The average Bonchev–Trinajstić information content (AvgIpc) is 3.26. The molecule has 3 heterocycles. The van der Waals surface area contributed by atoms with Crippen LogP contribution in [0.25, 0.3) is 0 Å². The van der Waals surface area contributed by atoms with Gasteiger partial charge < -0.3 is 0 Å². The molecule has 3 atom stereocenters. The van der Waals surface area contributed by atoms with Crippen LogP contribution in [0.1, 0.15) is 24.8 Å². The van der Waals surface area contributed by atoms with Gasteiger partial charge in [-0.15, -0.1) is 11.3 Å². The Labute approximate surface area is 144 Å².